The van der Waals surface area contributed by atoms with Gasteiger partial charge in [0.2, 0.25) is 0 Å². The molecule has 0 aliphatic carbocycles. The topological polar surface area (TPSA) is 78.1 Å². The Morgan fingerprint density at radius 3 is 2.38 bits per heavy atom. The summed E-state index contributed by atoms with van der Waals surface area (Å²) in [5, 5.41) is 9.80. The monoisotopic (exact) mass is 114 g/mol. The van der Waals surface area contributed by atoms with E-state index >= 15 is 0 Å². The molecule has 0 rings (SSSR count). The highest BCUT2D eigenvalue weighted by Crippen LogP contribution is 1.74. The number of carboxylic acid groups (broad SMARTS) is 1. The van der Waals surface area contributed by atoms with Crippen molar-refractivity contribution in [2.24, 2.45) is 0 Å². The van der Waals surface area contributed by atoms with Gasteiger partial charge in [-0.15, -0.1) is 0 Å². The van der Waals surface area contributed by atoms with Gasteiger partial charge in [-0.2, -0.15) is 0 Å². The smallest absolute Gasteiger partial charge is 0.363 e. The number of hydrogen-bond acceptors (Lipinski definition) is 3. The van der Waals surface area contributed by atoms with Crippen molar-refractivity contribution in [2.75, 3.05) is 0 Å². The lowest BCUT2D eigenvalue weighted by atomic mass is 10.3. The minimum atomic E-state index is -1.36. The van der Waals surface area contributed by atoms with Crippen LogP contribution in [0, 0.1) is 5.53 Å². The van der Waals surface area contributed by atoms with Gasteiger partial charge in [-0.05, 0) is 0 Å². The summed E-state index contributed by atoms with van der Waals surface area (Å²) in [6.07, 6.45) is 0.242. The van der Waals surface area contributed by atoms with Crippen molar-refractivity contribution >= 4 is 11.7 Å². The first-order chi connectivity index (χ1) is 3.72. The number of nitrogens with zero attached hydrogens (tertiary/aromatic N) is 1. The molecule has 8 heavy (non-hydrogen) atoms. The second-order valence-corrected chi connectivity index (χ2v) is 1.20. The Morgan fingerprint density at radius 1 is 1.88 bits per heavy atom. The SMILES string of the molecule is CCC(=[N+]=N)C(=O)[O-]. The van der Waals surface area contributed by atoms with Gasteiger partial charge in [-0.1, -0.05) is 6.92 Å². The molecule has 0 aromatic rings. The van der Waals surface area contributed by atoms with E-state index in [0.717, 1.165) is 0 Å². The Kier molecular flexibility index (Phi) is 2.51. The Balaban J connectivity index is 4.14. The third-order valence-corrected chi connectivity index (χ3v) is 0.705. The molecular formula is C4H6N2O2. The van der Waals surface area contributed by atoms with Crippen LogP contribution >= 0.6 is 0 Å². The van der Waals surface area contributed by atoms with Crippen LogP contribution in [0.15, 0.2) is 0 Å². The van der Waals surface area contributed by atoms with Gasteiger partial charge in [-0.25, -0.2) is 0 Å². The minimum absolute atomic E-state index is 0.218. The molecule has 0 fully saturated rings. The zero-order valence-corrected chi connectivity index (χ0v) is 4.47. The molecule has 0 aliphatic rings. The summed E-state index contributed by atoms with van der Waals surface area (Å²) < 4.78 is 0. The molecule has 0 spiro atoms. The lowest BCUT2D eigenvalue weighted by molar-refractivity contribution is -0.299. The van der Waals surface area contributed by atoms with Gasteiger partial charge < -0.3 is 9.90 Å². The van der Waals surface area contributed by atoms with Crippen molar-refractivity contribution in [1.29, 1.82) is 5.53 Å². The van der Waals surface area contributed by atoms with Crippen LogP contribution in [-0.2, 0) is 4.79 Å². The average molecular weight is 114 g/mol. The van der Waals surface area contributed by atoms with Gasteiger partial charge in [0, 0.05) is 0 Å². The van der Waals surface area contributed by atoms with Crippen molar-refractivity contribution in [3.8, 4) is 0 Å². The van der Waals surface area contributed by atoms with Crippen LogP contribution in [0.4, 0.5) is 0 Å². The standard InChI is InChI=1S/C4H6N2O2/c1-2-3(6-5)4(7)8/h5H,2H2,1H3. The number of carbonyl (C=O) groups is 1. The van der Waals surface area contributed by atoms with E-state index in [1.165, 1.54) is 0 Å². The molecule has 4 nitrogen and oxygen atoms in total. The number of aliphatic carboxylic acids is 1. The molecule has 0 saturated carbocycles. The summed E-state index contributed by atoms with van der Waals surface area (Å²) in [5.41, 5.74) is 6.04. The molecule has 0 radical (unpaired) electrons. The third kappa shape index (κ3) is 1.53. The van der Waals surface area contributed by atoms with Crippen molar-refractivity contribution in [1.82, 2.24) is 0 Å². The molecule has 1 N–H and O–H groups in total. The fourth-order valence-corrected chi connectivity index (χ4v) is 0.269. The number of carbonyl (C=O) groups excluding carboxylic acids is 1. The lowest BCUT2D eigenvalue weighted by Crippen LogP contribution is -2.31. The largest absolute Gasteiger partial charge is 0.539 e. The van der Waals surface area contributed by atoms with E-state index in [9.17, 15) is 9.90 Å². The van der Waals surface area contributed by atoms with Gasteiger partial charge in [0.25, 0.3) is 0 Å². The van der Waals surface area contributed by atoms with Gasteiger partial charge in [-0.3, -0.25) is 0 Å². The van der Waals surface area contributed by atoms with Crippen LogP contribution in [-0.4, -0.2) is 16.5 Å². The van der Waals surface area contributed by atoms with Gasteiger partial charge in [0.15, 0.2) is 5.97 Å². The third-order valence-electron chi connectivity index (χ3n) is 0.705. The molecule has 0 bridgehead atoms. The first-order valence-corrected chi connectivity index (χ1v) is 2.17. The van der Waals surface area contributed by atoms with Crippen molar-refractivity contribution < 1.29 is 14.7 Å². The first-order valence-electron chi connectivity index (χ1n) is 2.17. The zero-order valence-electron chi connectivity index (χ0n) is 4.47. The fraction of sp³-hybridized carbons (Fsp3) is 0.500. The molecule has 0 aliphatic heterocycles. The van der Waals surface area contributed by atoms with Crippen LogP contribution < -0.4 is 5.11 Å². The quantitative estimate of drug-likeness (QED) is 0.279. The van der Waals surface area contributed by atoms with E-state index in [1.54, 1.807) is 6.92 Å². The van der Waals surface area contributed by atoms with Crippen LogP contribution in [0.2, 0.25) is 0 Å². The Hall–Kier alpha value is -1.15. The summed E-state index contributed by atoms with van der Waals surface area (Å²) in [6.45, 7) is 1.60. The van der Waals surface area contributed by atoms with E-state index in [0.29, 0.717) is 0 Å². The van der Waals surface area contributed by atoms with Crippen LogP contribution in [0.1, 0.15) is 13.3 Å². The van der Waals surface area contributed by atoms with Crippen molar-refractivity contribution in [3.05, 3.63) is 0 Å². The summed E-state index contributed by atoms with van der Waals surface area (Å²) >= 11 is 0. The van der Waals surface area contributed by atoms with E-state index < -0.39 is 5.97 Å². The number of rotatable bonds is 2. The van der Waals surface area contributed by atoms with Gasteiger partial charge in [0.05, 0.1) is 16.7 Å². The lowest BCUT2D eigenvalue weighted by Gasteiger charge is -1.85. The Labute approximate surface area is 46.4 Å². The summed E-state index contributed by atoms with van der Waals surface area (Å²) in [6, 6.07) is 0. The first kappa shape index (κ1) is 6.85. The Bertz CT molecular complexity index is 146. The molecule has 0 saturated heterocycles. The van der Waals surface area contributed by atoms with E-state index in [-0.39, 0.29) is 12.1 Å². The molecule has 0 atom stereocenters. The maximum atomic E-state index is 9.80. The molecule has 0 unspecified atom stereocenters. The Morgan fingerprint density at radius 2 is 2.38 bits per heavy atom. The molecule has 0 aromatic heterocycles. The van der Waals surface area contributed by atoms with Gasteiger partial charge >= 0.3 is 5.71 Å². The molecule has 0 aromatic carbocycles. The van der Waals surface area contributed by atoms with Crippen LogP contribution in [0.3, 0.4) is 0 Å². The molecular weight excluding hydrogens is 108 g/mol. The molecule has 4 heteroatoms. The van der Waals surface area contributed by atoms with Crippen LogP contribution in [0.25, 0.3) is 0 Å². The maximum Gasteiger partial charge on any atom is 0.363 e. The van der Waals surface area contributed by atoms with Gasteiger partial charge in [0.1, 0.15) is 0 Å². The highest BCUT2D eigenvalue weighted by molar-refractivity contribution is 6.31. The van der Waals surface area contributed by atoms with E-state index in [1.807, 2.05) is 0 Å². The van der Waals surface area contributed by atoms with E-state index in [4.69, 9.17) is 5.53 Å². The number of carboxylic acids is 1. The van der Waals surface area contributed by atoms with E-state index in [2.05, 4.69) is 4.79 Å². The zero-order chi connectivity index (χ0) is 6.57. The normalized spacial score (nSPS) is 7.62. The molecule has 0 amide bonds. The predicted molar refractivity (Wildman–Crippen MR) is 23.3 cm³/mol. The second-order valence-electron chi connectivity index (χ2n) is 1.20. The van der Waals surface area contributed by atoms with Crippen LogP contribution in [0.5, 0.6) is 0 Å². The number of nitrogens with one attached hydrogen (secondary N) is 1. The fourth-order valence-electron chi connectivity index (χ4n) is 0.269. The molecule has 0 heterocycles. The average Bonchev–Trinajstić information content (AvgIpc) is 1.69. The highest BCUT2D eigenvalue weighted by Gasteiger charge is 2.06. The second kappa shape index (κ2) is 2.93. The summed E-state index contributed by atoms with van der Waals surface area (Å²) in [5.74, 6) is -1.36. The minimum Gasteiger partial charge on any atom is -0.539 e. The maximum absolute atomic E-state index is 9.80. The van der Waals surface area contributed by atoms with Crippen molar-refractivity contribution in [2.45, 2.75) is 13.3 Å². The highest BCUT2D eigenvalue weighted by atomic mass is 16.4. The summed E-state index contributed by atoms with van der Waals surface area (Å²) in [4.78, 5) is 12.5. The number of hydrogen-bond donors (Lipinski definition) is 1. The predicted octanol–water partition coefficient (Wildman–Crippen LogP) is -1.17. The summed E-state index contributed by atoms with van der Waals surface area (Å²) in [7, 11) is 0. The molecule has 44 valence electrons. The van der Waals surface area contributed by atoms with Crippen molar-refractivity contribution in [3.63, 3.8) is 0 Å².